The molecule has 1 aromatic carbocycles. The highest BCUT2D eigenvalue weighted by atomic mass is 79.9. The second-order valence-electron chi connectivity index (χ2n) is 2.39. The highest BCUT2D eigenvalue weighted by Gasteiger charge is 2.11. The van der Waals surface area contributed by atoms with Crippen LogP contribution in [0.15, 0.2) is 35.0 Å². The Labute approximate surface area is 78.9 Å². The van der Waals surface area contributed by atoms with E-state index in [0.717, 1.165) is 15.8 Å². The van der Waals surface area contributed by atoms with Crippen molar-refractivity contribution in [2.45, 2.75) is 0 Å². The predicted molar refractivity (Wildman–Crippen MR) is 49.2 cm³/mol. The minimum absolute atomic E-state index is 0.316. The van der Waals surface area contributed by atoms with Crippen LogP contribution >= 0.6 is 15.9 Å². The zero-order valence-electron chi connectivity index (χ0n) is 6.29. The molecule has 0 unspecified atom stereocenters. The quantitative estimate of drug-likeness (QED) is 0.734. The summed E-state index contributed by atoms with van der Waals surface area (Å²) in [4.78, 5) is 0. The molecular weight excluding hydrogens is 220 g/mol. The van der Waals surface area contributed by atoms with Crippen molar-refractivity contribution in [3.8, 4) is 0 Å². The SMILES string of the molecule is Brc1ccccc1C1=COCO1. The van der Waals surface area contributed by atoms with Crippen LogP contribution in [0.25, 0.3) is 5.76 Å². The van der Waals surface area contributed by atoms with Gasteiger partial charge in [0.25, 0.3) is 0 Å². The van der Waals surface area contributed by atoms with Gasteiger partial charge in [0.05, 0.1) is 0 Å². The molecule has 0 amide bonds. The largest absolute Gasteiger partial charge is 0.461 e. The van der Waals surface area contributed by atoms with Gasteiger partial charge in [0.2, 0.25) is 6.79 Å². The van der Waals surface area contributed by atoms with Crippen LogP contribution < -0.4 is 0 Å². The van der Waals surface area contributed by atoms with E-state index in [1.165, 1.54) is 0 Å². The lowest BCUT2D eigenvalue weighted by molar-refractivity contribution is 0.100. The van der Waals surface area contributed by atoms with Crippen LogP contribution in [0.2, 0.25) is 0 Å². The Kier molecular flexibility index (Phi) is 2.04. The molecule has 12 heavy (non-hydrogen) atoms. The normalized spacial score (nSPS) is 14.9. The summed E-state index contributed by atoms with van der Waals surface area (Å²) in [6, 6.07) is 7.87. The Hall–Kier alpha value is -0.960. The lowest BCUT2D eigenvalue weighted by Crippen LogP contribution is -1.86. The minimum atomic E-state index is 0.316. The van der Waals surface area contributed by atoms with Gasteiger partial charge in [-0.3, -0.25) is 0 Å². The van der Waals surface area contributed by atoms with Crippen LogP contribution in [-0.4, -0.2) is 6.79 Å². The van der Waals surface area contributed by atoms with E-state index in [1.807, 2.05) is 24.3 Å². The zero-order chi connectivity index (χ0) is 8.39. The molecule has 0 saturated heterocycles. The highest BCUT2D eigenvalue weighted by molar-refractivity contribution is 9.10. The van der Waals surface area contributed by atoms with Gasteiger partial charge in [-0.05, 0) is 12.1 Å². The first kappa shape index (κ1) is 7.68. The molecule has 1 aliphatic rings. The van der Waals surface area contributed by atoms with E-state index in [9.17, 15) is 0 Å². The van der Waals surface area contributed by atoms with Gasteiger partial charge in [0.15, 0.2) is 5.76 Å². The Morgan fingerprint density at radius 2 is 2.08 bits per heavy atom. The molecule has 2 nitrogen and oxygen atoms in total. The molecule has 0 aliphatic carbocycles. The minimum Gasteiger partial charge on any atom is -0.461 e. The topological polar surface area (TPSA) is 18.5 Å². The summed E-state index contributed by atoms with van der Waals surface area (Å²) >= 11 is 3.43. The van der Waals surface area contributed by atoms with E-state index >= 15 is 0 Å². The fourth-order valence-electron chi connectivity index (χ4n) is 1.04. The molecule has 3 heteroatoms. The fraction of sp³-hybridized carbons (Fsp3) is 0.111. The van der Waals surface area contributed by atoms with Gasteiger partial charge >= 0.3 is 0 Å². The summed E-state index contributed by atoms with van der Waals surface area (Å²) in [5.41, 5.74) is 1.02. The number of hydrogen-bond acceptors (Lipinski definition) is 2. The van der Waals surface area contributed by atoms with E-state index in [0.29, 0.717) is 6.79 Å². The van der Waals surface area contributed by atoms with E-state index in [-0.39, 0.29) is 0 Å². The van der Waals surface area contributed by atoms with Gasteiger partial charge < -0.3 is 9.47 Å². The van der Waals surface area contributed by atoms with Crippen LogP contribution in [0.3, 0.4) is 0 Å². The third-order valence-corrected chi connectivity index (χ3v) is 2.30. The number of halogens is 1. The molecule has 0 N–H and O–H groups in total. The molecule has 0 fully saturated rings. The third-order valence-electron chi connectivity index (χ3n) is 1.61. The van der Waals surface area contributed by atoms with Crippen molar-refractivity contribution in [1.29, 1.82) is 0 Å². The maximum atomic E-state index is 5.23. The lowest BCUT2D eigenvalue weighted by atomic mass is 10.2. The van der Waals surface area contributed by atoms with Crippen LogP contribution in [0.4, 0.5) is 0 Å². The molecule has 1 aromatic rings. The summed E-state index contributed by atoms with van der Waals surface area (Å²) in [5.74, 6) is 0.780. The molecule has 2 rings (SSSR count). The van der Waals surface area contributed by atoms with Crippen molar-refractivity contribution >= 4 is 21.7 Å². The Morgan fingerprint density at radius 3 is 2.75 bits per heavy atom. The van der Waals surface area contributed by atoms with E-state index in [1.54, 1.807) is 6.26 Å². The number of ether oxygens (including phenoxy) is 2. The summed E-state index contributed by atoms with van der Waals surface area (Å²) in [6.07, 6.45) is 1.63. The molecule has 0 radical (unpaired) electrons. The van der Waals surface area contributed by atoms with Gasteiger partial charge in [-0.15, -0.1) is 0 Å². The number of rotatable bonds is 1. The van der Waals surface area contributed by atoms with Crippen LogP contribution in [0.5, 0.6) is 0 Å². The smallest absolute Gasteiger partial charge is 0.230 e. The predicted octanol–water partition coefficient (Wildman–Crippen LogP) is 2.75. The first-order valence-electron chi connectivity index (χ1n) is 3.57. The standard InChI is InChI=1S/C9H7BrO2/c10-8-4-2-1-3-7(8)9-5-11-6-12-9/h1-5H,6H2. The number of hydrogen-bond donors (Lipinski definition) is 0. The third kappa shape index (κ3) is 1.32. The first-order chi connectivity index (χ1) is 5.88. The molecule has 0 atom stereocenters. The second kappa shape index (κ2) is 3.19. The van der Waals surface area contributed by atoms with Crippen molar-refractivity contribution in [3.05, 3.63) is 40.6 Å². The molecule has 1 aliphatic heterocycles. The van der Waals surface area contributed by atoms with Crippen molar-refractivity contribution in [2.75, 3.05) is 6.79 Å². The monoisotopic (exact) mass is 226 g/mol. The van der Waals surface area contributed by atoms with Gasteiger partial charge in [-0.2, -0.15) is 0 Å². The summed E-state index contributed by atoms with van der Waals surface area (Å²) < 4.78 is 11.2. The molecule has 1 heterocycles. The van der Waals surface area contributed by atoms with Crippen LogP contribution in [-0.2, 0) is 9.47 Å². The molecule has 0 spiro atoms. The average Bonchev–Trinajstić information content (AvgIpc) is 2.57. The van der Waals surface area contributed by atoms with Crippen LogP contribution in [0, 0.1) is 0 Å². The van der Waals surface area contributed by atoms with Crippen molar-refractivity contribution in [2.24, 2.45) is 0 Å². The second-order valence-corrected chi connectivity index (χ2v) is 3.25. The van der Waals surface area contributed by atoms with Crippen LogP contribution in [0.1, 0.15) is 5.56 Å². The van der Waals surface area contributed by atoms with E-state index < -0.39 is 0 Å². The molecule has 0 aromatic heterocycles. The summed E-state index contributed by atoms with van der Waals surface area (Å²) in [6.45, 7) is 0.316. The van der Waals surface area contributed by atoms with Gasteiger partial charge in [0, 0.05) is 10.0 Å². The Balaban J connectivity index is 2.39. The molecule has 0 saturated carbocycles. The van der Waals surface area contributed by atoms with Crippen molar-refractivity contribution in [1.82, 2.24) is 0 Å². The van der Waals surface area contributed by atoms with Crippen molar-refractivity contribution in [3.63, 3.8) is 0 Å². The number of benzene rings is 1. The summed E-state index contributed by atoms with van der Waals surface area (Å²) in [5, 5.41) is 0. The fourth-order valence-corrected chi connectivity index (χ4v) is 1.52. The molecule has 0 bridgehead atoms. The maximum Gasteiger partial charge on any atom is 0.230 e. The zero-order valence-corrected chi connectivity index (χ0v) is 7.87. The molecule has 62 valence electrons. The lowest BCUT2D eigenvalue weighted by Gasteiger charge is -2.02. The van der Waals surface area contributed by atoms with Gasteiger partial charge in [0.1, 0.15) is 6.26 Å². The first-order valence-corrected chi connectivity index (χ1v) is 4.37. The average molecular weight is 227 g/mol. The van der Waals surface area contributed by atoms with Gasteiger partial charge in [-0.25, -0.2) is 0 Å². The van der Waals surface area contributed by atoms with Crippen molar-refractivity contribution < 1.29 is 9.47 Å². The highest BCUT2D eigenvalue weighted by Crippen LogP contribution is 2.27. The Morgan fingerprint density at radius 1 is 1.25 bits per heavy atom. The van der Waals surface area contributed by atoms with E-state index in [2.05, 4.69) is 15.9 Å². The summed E-state index contributed by atoms with van der Waals surface area (Å²) in [7, 11) is 0. The maximum absolute atomic E-state index is 5.23. The molecular formula is C9H7BrO2. The Bertz CT molecular complexity index is 320. The van der Waals surface area contributed by atoms with E-state index in [4.69, 9.17) is 9.47 Å². The van der Waals surface area contributed by atoms with Gasteiger partial charge in [-0.1, -0.05) is 28.1 Å².